The van der Waals surface area contributed by atoms with E-state index in [9.17, 15) is 22.8 Å². The highest BCUT2D eigenvalue weighted by atomic mass is 19.4. The summed E-state index contributed by atoms with van der Waals surface area (Å²) in [7, 11) is 0. The molecule has 0 aliphatic carbocycles. The maximum Gasteiger partial charge on any atom is 0.573 e. The number of carbonyl (C=O) groups excluding carboxylic acids is 2. The van der Waals surface area contributed by atoms with E-state index in [0.717, 1.165) is 12.1 Å². The molecule has 0 bridgehead atoms. The van der Waals surface area contributed by atoms with Crippen LogP contribution in [0.4, 0.5) is 24.5 Å². The van der Waals surface area contributed by atoms with Gasteiger partial charge < -0.3 is 20.5 Å². The highest BCUT2D eigenvalue weighted by molar-refractivity contribution is 5.95. The van der Waals surface area contributed by atoms with E-state index in [2.05, 4.69) is 10.1 Å². The Hall–Kier alpha value is -3.23. The maximum atomic E-state index is 12.0. The number of nitrogens with one attached hydrogen (secondary N) is 1. The van der Waals surface area contributed by atoms with Crippen LogP contribution in [-0.4, -0.2) is 24.8 Å². The number of nitrogen functional groups attached to an aromatic ring is 1. The normalized spacial score (nSPS) is 10.8. The van der Waals surface area contributed by atoms with Crippen LogP contribution in [-0.2, 0) is 9.53 Å². The Morgan fingerprint density at radius 1 is 1.00 bits per heavy atom. The fourth-order valence-corrected chi connectivity index (χ4v) is 1.77. The van der Waals surface area contributed by atoms with Gasteiger partial charge in [-0.25, -0.2) is 4.79 Å². The van der Waals surface area contributed by atoms with E-state index >= 15 is 0 Å². The Balaban J connectivity index is 1.83. The molecule has 0 radical (unpaired) electrons. The van der Waals surface area contributed by atoms with E-state index in [1.807, 2.05) is 0 Å². The SMILES string of the molecule is Nc1ccc(C(=O)OCC(=O)Nc2ccc(OC(F)(F)F)cc2)cc1. The molecule has 25 heavy (non-hydrogen) atoms. The zero-order valence-corrected chi connectivity index (χ0v) is 12.7. The molecule has 0 aliphatic rings. The maximum absolute atomic E-state index is 12.0. The van der Waals surface area contributed by atoms with Crippen molar-refractivity contribution in [3.8, 4) is 5.75 Å². The number of hydrogen-bond acceptors (Lipinski definition) is 5. The molecule has 0 aliphatic heterocycles. The average molecular weight is 354 g/mol. The zero-order valence-electron chi connectivity index (χ0n) is 12.7. The first kappa shape index (κ1) is 18.1. The fourth-order valence-electron chi connectivity index (χ4n) is 1.77. The number of carbonyl (C=O) groups is 2. The van der Waals surface area contributed by atoms with E-state index < -0.39 is 30.6 Å². The van der Waals surface area contributed by atoms with Crippen molar-refractivity contribution in [2.45, 2.75) is 6.36 Å². The Morgan fingerprint density at radius 3 is 2.16 bits per heavy atom. The van der Waals surface area contributed by atoms with Gasteiger partial charge in [-0.2, -0.15) is 0 Å². The minimum atomic E-state index is -4.79. The Kier molecular flexibility index (Phi) is 5.48. The lowest BCUT2D eigenvalue weighted by Crippen LogP contribution is -2.21. The number of anilines is 2. The zero-order chi connectivity index (χ0) is 18.4. The largest absolute Gasteiger partial charge is 0.573 e. The highest BCUT2D eigenvalue weighted by Gasteiger charge is 2.30. The smallest absolute Gasteiger partial charge is 0.452 e. The van der Waals surface area contributed by atoms with Crippen molar-refractivity contribution in [2.24, 2.45) is 0 Å². The van der Waals surface area contributed by atoms with Crippen molar-refractivity contribution < 1.29 is 32.2 Å². The molecule has 0 saturated carbocycles. The molecule has 0 heterocycles. The number of benzene rings is 2. The minimum Gasteiger partial charge on any atom is -0.452 e. The van der Waals surface area contributed by atoms with Crippen molar-refractivity contribution in [2.75, 3.05) is 17.7 Å². The molecular weight excluding hydrogens is 341 g/mol. The van der Waals surface area contributed by atoms with Crippen LogP contribution in [0, 0.1) is 0 Å². The molecule has 0 aromatic heterocycles. The summed E-state index contributed by atoms with van der Waals surface area (Å²) in [5.74, 6) is -1.77. The summed E-state index contributed by atoms with van der Waals surface area (Å²) in [4.78, 5) is 23.4. The standard InChI is InChI=1S/C16H13F3N2O4/c17-16(18,19)25-13-7-5-12(6-8-13)21-14(22)9-24-15(23)10-1-3-11(20)4-2-10/h1-8H,9,20H2,(H,21,22). The van der Waals surface area contributed by atoms with Gasteiger partial charge in [0.25, 0.3) is 5.91 Å². The summed E-state index contributed by atoms with van der Waals surface area (Å²) in [6, 6.07) is 10.5. The molecule has 9 heteroatoms. The van der Waals surface area contributed by atoms with Crippen LogP contribution in [0.5, 0.6) is 5.75 Å². The molecule has 1 amide bonds. The van der Waals surface area contributed by atoms with Gasteiger partial charge in [0.2, 0.25) is 0 Å². The van der Waals surface area contributed by atoms with Crippen molar-refractivity contribution >= 4 is 23.3 Å². The van der Waals surface area contributed by atoms with Gasteiger partial charge in [0.15, 0.2) is 6.61 Å². The first-order valence-corrected chi connectivity index (χ1v) is 6.91. The first-order valence-electron chi connectivity index (χ1n) is 6.91. The molecule has 0 atom stereocenters. The molecule has 0 unspecified atom stereocenters. The summed E-state index contributed by atoms with van der Waals surface area (Å²) in [6.45, 7) is -0.552. The van der Waals surface area contributed by atoms with Gasteiger partial charge in [0, 0.05) is 11.4 Å². The molecule has 0 spiro atoms. The van der Waals surface area contributed by atoms with Gasteiger partial charge in [0.1, 0.15) is 5.75 Å². The molecule has 2 rings (SSSR count). The van der Waals surface area contributed by atoms with Crippen LogP contribution < -0.4 is 15.8 Å². The van der Waals surface area contributed by atoms with Crippen molar-refractivity contribution in [1.82, 2.24) is 0 Å². The summed E-state index contributed by atoms with van der Waals surface area (Å²) in [6.07, 6.45) is -4.79. The second-order valence-corrected chi connectivity index (χ2v) is 4.82. The predicted octanol–water partition coefficient (Wildman–Crippen LogP) is 2.96. The van der Waals surface area contributed by atoms with Crippen LogP contribution in [0.15, 0.2) is 48.5 Å². The number of nitrogens with two attached hydrogens (primary N) is 1. The van der Waals surface area contributed by atoms with Gasteiger partial charge in [-0.3, -0.25) is 4.79 Å². The second-order valence-electron chi connectivity index (χ2n) is 4.82. The van der Waals surface area contributed by atoms with Gasteiger partial charge in [0.05, 0.1) is 5.56 Å². The summed E-state index contributed by atoms with van der Waals surface area (Å²) in [5, 5.41) is 2.37. The number of hydrogen-bond donors (Lipinski definition) is 2. The molecule has 2 aromatic rings. The highest BCUT2D eigenvalue weighted by Crippen LogP contribution is 2.23. The van der Waals surface area contributed by atoms with Crippen LogP contribution >= 0.6 is 0 Å². The monoisotopic (exact) mass is 354 g/mol. The third-order valence-corrected chi connectivity index (χ3v) is 2.85. The van der Waals surface area contributed by atoms with E-state index in [0.29, 0.717) is 5.69 Å². The van der Waals surface area contributed by atoms with Crippen molar-refractivity contribution in [1.29, 1.82) is 0 Å². The predicted molar refractivity (Wildman–Crippen MR) is 82.9 cm³/mol. The Morgan fingerprint density at radius 2 is 1.60 bits per heavy atom. The molecule has 2 aromatic carbocycles. The van der Waals surface area contributed by atoms with Gasteiger partial charge in [-0.1, -0.05) is 0 Å². The number of ether oxygens (including phenoxy) is 2. The topological polar surface area (TPSA) is 90.7 Å². The lowest BCUT2D eigenvalue weighted by Gasteiger charge is -2.10. The molecule has 0 saturated heterocycles. The van der Waals surface area contributed by atoms with Crippen LogP contribution in [0.1, 0.15) is 10.4 Å². The van der Waals surface area contributed by atoms with Crippen LogP contribution in [0.25, 0.3) is 0 Å². The average Bonchev–Trinajstić information content (AvgIpc) is 2.54. The molecule has 3 N–H and O–H groups in total. The lowest BCUT2D eigenvalue weighted by molar-refractivity contribution is -0.274. The van der Waals surface area contributed by atoms with E-state index in [1.165, 1.54) is 36.4 Å². The molecule has 132 valence electrons. The quantitative estimate of drug-likeness (QED) is 0.636. The Labute approximate surface area is 140 Å². The van der Waals surface area contributed by atoms with Crippen molar-refractivity contribution in [3.63, 3.8) is 0 Å². The van der Waals surface area contributed by atoms with Crippen LogP contribution in [0.2, 0.25) is 0 Å². The number of halogens is 3. The number of rotatable bonds is 5. The molecular formula is C16H13F3N2O4. The van der Waals surface area contributed by atoms with Gasteiger partial charge in [-0.05, 0) is 48.5 Å². The number of esters is 1. The van der Waals surface area contributed by atoms with E-state index in [-0.39, 0.29) is 11.3 Å². The third-order valence-electron chi connectivity index (χ3n) is 2.85. The molecule has 0 fully saturated rings. The van der Waals surface area contributed by atoms with Crippen LogP contribution in [0.3, 0.4) is 0 Å². The summed E-state index contributed by atoms with van der Waals surface area (Å²) >= 11 is 0. The van der Waals surface area contributed by atoms with Crippen molar-refractivity contribution in [3.05, 3.63) is 54.1 Å². The number of alkyl halides is 3. The molecule has 6 nitrogen and oxygen atoms in total. The number of amides is 1. The Bertz CT molecular complexity index is 743. The summed E-state index contributed by atoms with van der Waals surface area (Å²) in [5.41, 5.74) is 6.43. The third kappa shape index (κ3) is 6.05. The van der Waals surface area contributed by atoms with Gasteiger partial charge >= 0.3 is 12.3 Å². The van der Waals surface area contributed by atoms with E-state index in [4.69, 9.17) is 10.5 Å². The lowest BCUT2D eigenvalue weighted by atomic mass is 10.2. The summed E-state index contributed by atoms with van der Waals surface area (Å²) < 4.78 is 44.7. The second kappa shape index (κ2) is 7.56. The van der Waals surface area contributed by atoms with Gasteiger partial charge in [-0.15, -0.1) is 13.2 Å². The first-order chi connectivity index (χ1) is 11.7. The van der Waals surface area contributed by atoms with E-state index in [1.54, 1.807) is 0 Å². The minimum absolute atomic E-state index is 0.225. The fraction of sp³-hybridized carbons (Fsp3) is 0.125.